The van der Waals surface area contributed by atoms with Gasteiger partial charge in [0, 0.05) is 18.0 Å². The summed E-state index contributed by atoms with van der Waals surface area (Å²) in [6.07, 6.45) is 2.44. The lowest BCUT2D eigenvalue weighted by Crippen LogP contribution is -2.35. The molecule has 94 valence electrons. The van der Waals surface area contributed by atoms with Crippen LogP contribution in [0.5, 0.6) is 0 Å². The Hall–Kier alpha value is -1.59. The Morgan fingerprint density at radius 1 is 1.56 bits per heavy atom. The van der Waals surface area contributed by atoms with Gasteiger partial charge in [0.1, 0.15) is 12.0 Å². The van der Waals surface area contributed by atoms with Crippen LogP contribution in [-0.4, -0.2) is 17.4 Å². The molecule has 1 aliphatic heterocycles. The van der Waals surface area contributed by atoms with Crippen molar-refractivity contribution in [1.29, 1.82) is 0 Å². The molecule has 18 heavy (non-hydrogen) atoms. The summed E-state index contributed by atoms with van der Waals surface area (Å²) in [5.74, 6) is 0.668. The third-order valence-electron chi connectivity index (χ3n) is 3.20. The molecule has 5 heteroatoms. The summed E-state index contributed by atoms with van der Waals surface area (Å²) in [4.78, 5) is 15.5. The average Bonchev–Trinajstić information content (AvgIpc) is 3.05. The summed E-state index contributed by atoms with van der Waals surface area (Å²) in [5.41, 5.74) is 7.33. The predicted molar refractivity (Wildman–Crippen MR) is 69.4 cm³/mol. The third-order valence-corrected chi connectivity index (χ3v) is 4.22. The number of fused-ring (bicyclic) bond motifs is 1. The molecule has 4 nitrogen and oxygen atoms in total. The van der Waals surface area contributed by atoms with Crippen molar-refractivity contribution in [3.8, 4) is 0 Å². The summed E-state index contributed by atoms with van der Waals surface area (Å²) in [6, 6.07) is 3.82. The molecular weight excluding hydrogens is 248 g/mol. The number of carbonyl (C=O) groups is 1. The van der Waals surface area contributed by atoms with Crippen LogP contribution in [0.2, 0.25) is 0 Å². The van der Waals surface area contributed by atoms with Gasteiger partial charge < -0.3 is 15.1 Å². The molecule has 0 radical (unpaired) electrons. The summed E-state index contributed by atoms with van der Waals surface area (Å²) in [5, 5.41) is 2.09. The van der Waals surface area contributed by atoms with Crippen LogP contribution >= 0.6 is 11.3 Å². The van der Waals surface area contributed by atoms with Gasteiger partial charge >= 0.3 is 0 Å². The molecule has 0 spiro atoms. The zero-order valence-corrected chi connectivity index (χ0v) is 10.7. The molecule has 0 unspecified atom stereocenters. The Balaban J connectivity index is 1.78. The van der Waals surface area contributed by atoms with E-state index in [9.17, 15) is 4.79 Å². The standard InChI is InChI=1S/C13H14N2O2S/c14-6-11-5-10(8-17-11)13(16)15-3-1-12-9(7-15)2-4-18-12/h2,4-5,8H,1,3,6-7,14H2. The molecule has 0 bridgehead atoms. The highest BCUT2D eigenvalue weighted by Crippen LogP contribution is 2.25. The van der Waals surface area contributed by atoms with Crippen LogP contribution in [0.4, 0.5) is 0 Å². The van der Waals surface area contributed by atoms with E-state index in [1.165, 1.54) is 16.7 Å². The van der Waals surface area contributed by atoms with E-state index >= 15 is 0 Å². The first kappa shape index (κ1) is 11.5. The van der Waals surface area contributed by atoms with E-state index in [2.05, 4.69) is 11.4 Å². The average molecular weight is 262 g/mol. The van der Waals surface area contributed by atoms with E-state index < -0.39 is 0 Å². The van der Waals surface area contributed by atoms with E-state index in [1.54, 1.807) is 17.4 Å². The quantitative estimate of drug-likeness (QED) is 0.900. The number of rotatable bonds is 2. The molecule has 3 rings (SSSR count). The fourth-order valence-electron chi connectivity index (χ4n) is 2.20. The topological polar surface area (TPSA) is 59.5 Å². The molecule has 0 saturated heterocycles. The molecular formula is C13H14N2O2S. The molecule has 1 aliphatic rings. The number of nitrogens with two attached hydrogens (primary N) is 1. The van der Waals surface area contributed by atoms with Crippen molar-refractivity contribution in [3.05, 3.63) is 45.5 Å². The van der Waals surface area contributed by atoms with Crippen LogP contribution in [-0.2, 0) is 19.5 Å². The first-order valence-electron chi connectivity index (χ1n) is 5.90. The van der Waals surface area contributed by atoms with Gasteiger partial charge in [-0.1, -0.05) is 0 Å². The van der Waals surface area contributed by atoms with Gasteiger partial charge in [-0.25, -0.2) is 0 Å². The van der Waals surface area contributed by atoms with Gasteiger partial charge in [0.05, 0.1) is 12.1 Å². The Morgan fingerprint density at radius 2 is 2.44 bits per heavy atom. The highest BCUT2D eigenvalue weighted by atomic mass is 32.1. The van der Waals surface area contributed by atoms with Crippen molar-refractivity contribution in [2.45, 2.75) is 19.5 Å². The maximum atomic E-state index is 12.3. The smallest absolute Gasteiger partial charge is 0.257 e. The van der Waals surface area contributed by atoms with Crippen molar-refractivity contribution >= 4 is 17.2 Å². The number of hydrogen-bond acceptors (Lipinski definition) is 4. The summed E-state index contributed by atoms with van der Waals surface area (Å²) >= 11 is 1.77. The van der Waals surface area contributed by atoms with E-state index in [4.69, 9.17) is 10.2 Å². The number of furan rings is 1. The predicted octanol–water partition coefficient (Wildman–Crippen LogP) is 2.00. The van der Waals surface area contributed by atoms with Crippen LogP contribution in [0.3, 0.4) is 0 Å². The van der Waals surface area contributed by atoms with Gasteiger partial charge in [-0.3, -0.25) is 4.79 Å². The Bertz CT molecular complexity index is 573. The SMILES string of the molecule is NCc1cc(C(=O)N2CCc3sccc3C2)co1. The van der Waals surface area contributed by atoms with Crippen molar-refractivity contribution in [2.75, 3.05) is 6.54 Å². The summed E-state index contributed by atoms with van der Waals surface area (Å²) in [7, 11) is 0. The first-order valence-corrected chi connectivity index (χ1v) is 6.78. The Morgan fingerprint density at radius 3 is 3.22 bits per heavy atom. The van der Waals surface area contributed by atoms with Crippen molar-refractivity contribution in [3.63, 3.8) is 0 Å². The minimum Gasteiger partial charge on any atom is -0.467 e. The Kier molecular flexibility index (Phi) is 2.93. The molecule has 0 atom stereocenters. The summed E-state index contributed by atoms with van der Waals surface area (Å²) < 4.78 is 5.21. The molecule has 0 fully saturated rings. The van der Waals surface area contributed by atoms with Crippen molar-refractivity contribution in [1.82, 2.24) is 4.90 Å². The van der Waals surface area contributed by atoms with Crippen LogP contribution < -0.4 is 5.73 Å². The van der Waals surface area contributed by atoms with Crippen LogP contribution in [0.15, 0.2) is 28.2 Å². The zero-order chi connectivity index (χ0) is 12.5. The number of carbonyl (C=O) groups excluding carboxylic acids is 1. The molecule has 2 aromatic heterocycles. The van der Waals surface area contributed by atoms with Crippen LogP contribution in [0, 0.1) is 0 Å². The molecule has 0 aromatic carbocycles. The molecule has 0 aliphatic carbocycles. The van der Waals surface area contributed by atoms with Gasteiger partial charge in [0.25, 0.3) is 5.91 Å². The maximum Gasteiger partial charge on any atom is 0.257 e. The van der Waals surface area contributed by atoms with Crippen LogP contribution in [0.1, 0.15) is 26.6 Å². The lowest BCUT2D eigenvalue weighted by atomic mass is 10.1. The number of hydrogen-bond donors (Lipinski definition) is 1. The normalized spacial score (nSPS) is 14.6. The first-order chi connectivity index (χ1) is 8.78. The molecule has 1 amide bonds. The van der Waals surface area contributed by atoms with Crippen LogP contribution in [0.25, 0.3) is 0 Å². The number of nitrogens with zero attached hydrogens (tertiary/aromatic N) is 1. The maximum absolute atomic E-state index is 12.3. The van der Waals surface area contributed by atoms with Gasteiger partial charge in [-0.05, 0) is 29.5 Å². The minimum atomic E-state index is 0.0234. The molecule has 2 N–H and O–H groups in total. The highest BCUT2D eigenvalue weighted by Gasteiger charge is 2.23. The van der Waals surface area contributed by atoms with Crippen molar-refractivity contribution < 1.29 is 9.21 Å². The largest absolute Gasteiger partial charge is 0.467 e. The zero-order valence-electron chi connectivity index (χ0n) is 9.89. The third kappa shape index (κ3) is 1.95. The van der Waals surface area contributed by atoms with E-state index in [-0.39, 0.29) is 5.91 Å². The van der Waals surface area contributed by atoms with E-state index in [1.807, 2.05) is 4.90 Å². The van der Waals surface area contributed by atoms with E-state index in [0.717, 1.165) is 13.0 Å². The second-order valence-electron chi connectivity index (χ2n) is 4.35. The summed E-state index contributed by atoms with van der Waals surface area (Å²) in [6.45, 7) is 1.79. The Labute approximate surface area is 109 Å². The van der Waals surface area contributed by atoms with Gasteiger partial charge in [-0.15, -0.1) is 11.3 Å². The fourth-order valence-corrected chi connectivity index (χ4v) is 3.09. The van der Waals surface area contributed by atoms with E-state index in [0.29, 0.717) is 24.4 Å². The van der Waals surface area contributed by atoms with Gasteiger partial charge in [-0.2, -0.15) is 0 Å². The monoisotopic (exact) mass is 262 g/mol. The second kappa shape index (κ2) is 4.59. The molecule has 0 saturated carbocycles. The fraction of sp³-hybridized carbons (Fsp3) is 0.308. The van der Waals surface area contributed by atoms with Gasteiger partial charge in [0.15, 0.2) is 0 Å². The minimum absolute atomic E-state index is 0.0234. The number of amides is 1. The number of thiophene rings is 1. The van der Waals surface area contributed by atoms with Gasteiger partial charge in [0.2, 0.25) is 0 Å². The lowest BCUT2D eigenvalue weighted by molar-refractivity contribution is 0.0735. The highest BCUT2D eigenvalue weighted by molar-refractivity contribution is 7.10. The lowest BCUT2D eigenvalue weighted by Gasteiger charge is -2.26. The molecule has 3 heterocycles. The second-order valence-corrected chi connectivity index (χ2v) is 5.35. The van der Waals surface area contributed by atoms with Crippen molar-refractivity contribution in [2.24, 2.45) is 5.73 Å². The molecule has 2 aromatic rings.